The highest BCUT2D eigenvalue weighted by Crippen LogP contribution is 2.29. The van der Waals surface area contributed by atoms with E-state index >= 15 is 0 Å². The number of hydrazine groups is 1. The van der Waals surface area contributed by atoms with E-state index in [1.165, 1.54) is 6.33 Å². The van der Waals surface area contributed by atoms with E-state index in [2.05, 4.69) is 15.4 Å². The molecule has 0 radical (unpaired) electrons. The molecule has 1 aromatic carbocycles. The minimum Gasteiger partial charge on any atom is -0.490 e. The molecule has 1 atom stereocenters. The zero-order valence-corrected chi connectivity index (χ0v) is 10.5. The molecule has 19 heavy (non-hydrogen) atoms. The normalized spacial score (nSPS) is 16.1. The van der Waals surface area contributed by atoms with E-state index in [-0.39, 0.29) is 6.04 Å². The Bertz CT molecular complexity index is 542. The van der Waals surface area contributed by atoms with Crippen molar-refractivity contribution in [2.75, 3.05) is 0 Å². The highest BCUT2D eigenvalue weighted by Gasteiger charge is 2.23. The minimum atomic E-state index is -0.135. The lowest BCUT2D eigenvalue weighted by Gasteiger charge is -2.17. The molecule has 1 aromatic heterocycles. The number of nitrogens with one attached hydrogen (secondary N) is 1. The molecule has 0 saturated heterocycles. The predicted octanol–water partition coefficient (Wildman–Crippen LogP) is 1.57. The van der Waals surface area contributed by atoms with Crippen LogP contribution in [0, 0.1) is 0 Å². The predicted molar refractivity (Wildman–Crippen MR) is 71.3 cm³/mol. The van der Waals surface area contributed by atoms with E-state index in [0.717, 1.165) is 29.7 Å². The van der Waals surface area contributed by atoms with Crippen molar-refractivity contribution in [3.8, 4) is 5.75 Å². The molecule has 1 saturated carbocycles. The van der Waals surface area contributed by atoms with Gasteiger partial charge in [-0.25, -0.2) is 15.4 Å². The average Bonchev–Trinajstić information content (AvgIpc) is 3.25. The van der Waals surface area contributed by atoms with Crippen LogP contribution in [-0.4, -0.2) is 16.1 Å². The molecule has 1 heterocycles. The highest BCUT2D eigenvalue weighted by molar-refractivity contribution is 5.35. The van der Waals surface area contributed by atoms with Gasteiger partial charge in [0.25, 0.3) is 0 Å². The standard InChI is InChI=1S/C14H16N4O/c15-18-14(11-7-16-9-17-8-11)10-2-1-3-13(6-10)19-12-4-5-12/h1-3,6-9,12,14,18H,4-5,15H2. The minimum absolute atomic E-state index is 0.135. The molecule has 1 aliphatic rings. The second-order valence-electron chi connectivity index (χ2n) is 4.66. The lowest BCUT2D eigenvalue weighted by Crippen LogP contribution is -2.29. The molecule has 1 fully saturated rings. The van der Waals surface area contributed by atoms with Crippen LogP contribution in [0.25, 0.3) is 0 Å². The maximum Gasteiger partial charge on any atom is 0.120 e. The van der Waals surface area contributed by atoms with Gasteiger partial charge >= 0.3 is 0 Å². The topological polar surface area (TPSA) is 73.1 Å². The maximum atomic E-state index is 5.80. The van der Waals surface area contributed by atoms with Gasteiger partial charge in [-0.2, -0.15) is 0 Å². The van der Waals surface area contributed by atoms with Crippen molar-refractivity contribution in [2.24, 2.45) is 5.84 Å². The Morgan fingerprint density at radius 1 is 1.21 bits per heavy atom. The third kappa shape index (κ3) is 2.89. The Labute approximate surface area is 111 Å². The first kappa shape index (κ1) is 12.1. The summed E-state index contributed by atoms with van der Waals surface area (Å²) in [5.74, 6) is 6.54. The number of nitrogens with zero attached hydrogens (tertiary/aromatic N) is 2. The molecule has 5 heteroatoms. The Kier molecular flexibility index (Phi) is 3.39. The summed E-state index contributed by atoms with van der Waals surface area (Å²) < 4.78 is 5.80. The van der Waals surface area contributed by atoms with E-state index < -0.39 is 0 Å². The molecular weight excluding hydrogens is 240 g/mol. The van der Waals surface area contributed by atoms with Gasteiger partial charge in [0.05, 0.1) is 12.1 Å². The summed E-state index contributed by atoms with van der Waals surface area (Å²) in [6, 6.07) is 7.83. The second kappa shape index (κ2) is 5.34. The first-order chi connectivity index (χ1) is 9.36. The SMILES string of the molecule is NNC(c1cncnc1)c1cccc(OC2CC2)c1. The fourth-order valence-electron chi connectivity index (χ4n) is 1.99. The number of nitrogens with two attached hydrogens (primary N) is 1. The Hall–Kier alpha value is -1.98. The van der Waals surface area contributed by atoms with E-state index in [4.69, 9.17) is 10.6 Å². The molecule has 3 rings (SSSR count). The fourth-order valence-corrected chi connectivity index (χ4v) is 1.99. The van der Waals surface area contributed by atoms with Crippen LogP contribution in [0.3, 0.4) is 0 Å². The van der Waals surface area contributed by atoms with Crippen LogP contribution in [-0.2, 0) is 0 Å². The van der Waals surface area contributed by atoms with Gasteiger partial charge < -0.3 is 4.74 Å². The molecule has 0 amide bonds. The van der Waals surface area contributed by atoms with Gasteiger partial charge in [-0.15, -0.1) is 0 Å². The summed E-state index contributed by atoms with van der Waals surface area (Å²) in [5.41, 5.74) is 4.76. The van der Waals surface area contributed by atoms with Crippen molar-refractivity contribution in [1.82, 2.24) is 15.4 Å². The summed E-state index contributed by atoms with van der Waals surface area (Å²) in [5, 5.41) is 0. The molecule has 3 N–H and O–H groups in total. The van der Waals surface area contributed by atoms with E-state index in [9.17, 15) is 0 Å². The van der Waals surface area contributed by atoms with Crippen molar-refractivity contribution in [3.63, 3.8) is 0 Å². The Morgan fingerprint density at radius 3 is 2.68 bits per heavy atom. The highest BCUT2D eigenvalue weighted by atomic mass is 16.5. The van der Waals surface area contributed by atoms with Gasteiger partial charge in [-0.05, 0) is 30.5 Å². The van der Waals surface area contributed by atoms with Crippen molar-refractivity contribution in [3.05, 3.63) is 54.1 Å². The van der Waals surface area contributed by atoms with Gasteiger partial charge in [0.1, 0.15) is 12.1 Å². The van der Waals surface area contributed by atoms with Crippen LogP contribution in [0.5, 0.6) is 5.75 Å². The van der Waals surface area contributed by atoms with Crippen molar-refractivity contribution in [2.45, 2.75) is 25.0 Å². The molecule has 5 nitrogen and oxygen atoms in total. The van der Waals surface area contributed by atoms with Crippen LogP contribution in [0.1, 0.15) is 30.0 Å². The number of ether oxygens (including phenoxy) is 1. The van der Waals surface area contributed by atoms with Gasteiger partial charge in [-0.1, -0.05) is 12.1 Å². The van der Waals surface area contributed by atoms with Crippen molar-refractivity contribution < 1.29 is 4.74 Å². The molecule has 98 valence electrons. The van der Waals surface area contributed by atoms with E-state index in [1.54, 1.807) is 12.4 Å². The molecule has 1 unspecified atom stereocenters. The number of benzene rings is 1. The summed E-state index contributed by atoms with van der Waals surface area (Å²) in [7, 11) is 0. The Balaban J connectivity index is 1.86. The van der Waals surface area contributed by atoms with Crippen molar-refractivity contribution >= 4 is 0 Å². The van der Waals surface area contributed by atoms with Crippen molar-refractivity contribution in [1.29, 1.82) is 0 Å². The molecule has 0 bridgehead atoms. The summed E-state index contributed by atoms with van der Waals surface area (Å²) >= 11 is 0. The van der Waals surface area contributed by atoms with Gasteiger partial charge in [0.2, 0.25) is 0 Å². The third-order valence-corrected chi connectivity index (χ3v) is 3.10. The van der Waals surface area contributed by atoms with Gasteiger partial charge in [-0.3, -0.25) is 5.84 Å². The summed E-state index contributed by atoms with van der Waals surface area (Å²) in [4.78, 5) is 8.04. The zero-order valence-electron chi connectivity index (χ0n) is 10.5. The maximum absolute atomic E-state index is 5.80. The van der Waals surface area contributed by atoms with Crippen LogP contribution in [0.4, 0.5) is 0 Å². The summed E-state index contributed by atoms with van der Waals surface area (Å²) in [6.07, 6.45) is 7.70. The molecule has 0 spiro atoms. The number of hydrogen-bond acceptors (Lipinski definition) is 5. The number of aromatic nitrogens is 2. The molecular formula is C14H16N4O. The monoisotopic (exact) mass is 256 g/mol. The zero-order chi connectivity index (χ0) is 13.1. The third-order valence-electron chi connectivity index (χ3n) is 3.10. The smallest absolute Gasteiger partial charge is 0.120 e. The largest absolute Gasteiger partial charge is 0.490 e. The lowest BCUT2D eigenvalue weighted by molar-refractivity contribution is 0.302. The van der Waals surface area contributed by atoms with E-state index in [0.29, 0.717) is 6.10 Å². The fraction of sp³-hybridized carbons (Fsp3) is 0.286. The Morgan fingerprint density at radius 2 is 2.00 bits per heavy atom. The number of rotatable bonds is 5. The molecule has 2 aromatic rings. The summed E-state index contributed by atoms with van der Waals surface area (Å²) in [6.45, 7) is 0. The van der Waals surface area contributed by atoms with Crippen LogP contribution >= 0.6 is 0 Å². The first-order valence-electron chi connectivity index (χ1n) is 6.34. The van der Waals surface area contributed by atoms with Gasteiger partial charge in [0.15, 0.2) is 0 Å². The lowest BCUT2D eigenvalue weighted by atomic mass is 10.0. The molecule has 1 aliphatic carbocycles. The first-order valence-corrected chi connectivity index (χ1v) is 6.34. The van der Waals surface area contributed by atoms with Gasteiger partial charge in [0, 0.05) is 18.0 Å². The van der Waals surface area contributed by atoms with Crippen LogP contribution < -0.4 is 16.0 Å². The average molecular weight is 256 g/mol. The quantitative estimate of drug-likeness (QED) is 0.627. The molecule has 0 aliphatic heterocycles. The van der Waals surface area contributed by atoms with E-state index in [1.807, 2.05) is 24.3 Å². The van der Waals surface area contributed by atoms with Crippen LogP contribution in [0.2, 0.25) is 0 Å². The number of hydrogen-bond donors (Lipinski definition) is 2. The van der Waals surface area contributed by atoms with Crippen LogP contribution in [0.15, 0.2) is 43.0 Å². The second-order valence-corrected chi connectivity index (χ2v) is 4.66.